The van der Waals surface area contributed by atoms with E-state index in [1.54, 1.807) is 48.5 Å². The predicted molar refractivity (Wildman–Crippen MR) is 141 cm³/mol. The molecule has 0 saturated carbocycles. The lowest BCUT2D eigenvalue weighted by Crippen LogP contribution is -2.19. The number of nitro groups is 1. The van der Waals surface area contributed by atoms with Crippen LogP contribution >= 0.6 is 58.2 Å². The molecule has 1 aliphatic heterocycles. The highest BCUT2D eigenvalue weighted by Gasteiger charge is 2.24. The number of carbonyl (C=O) groups is 1. The number of hydrogen-bond acceptors (Lipinski definition) is 6. The van der Waals surface area contributed by atoms with Crippen molar-refractivity contribution in [2.75, 3.05) is 0 Å². The number of aliphatic imine (C=N–C) groups is 1. The molecule has 0 spiro atoms. The molecular weight excluding hydrogens is 556 g/mol. The predicted octanol–water partition coefficient (Wildman–Crippen LogP) is 7.68. The number of hydrogen-bond donors (Lipinski definition) is 1. The number of nitrogens with zero attached hydrogens (tertiary/aromatic N) is 2. The van der Waals surface area contributed by atoms with Crippen LogP contribution in [-0.2, 0) is 11.4 Å². The van der Waals surface area contributed by atoms with Gasteiger partial charge in [0.25, 0.3) is 11.6 Å². The first-order valence-corrected chi connectivity index (χ1v) is 12.1. The number of carbonyl (C=O) groups excluding carboxylic acids is 1. The fourth-order valence-corrected chi connectivity index (χ4v) is 4.82. The zero-order chi connectivity index (χ0) is 25.1. The number of nitrogens with one attached hydrogen (secondary N) is 1. The van der Waals surface area contributed by atoms with Gasteiger partial charge in [-0.2, -0.15) is 0 Å². The fraction of sp³-hybridized carbons (Fsp3) is 0.0435. The van der Waals surface area contributed by atoms with E-state index in [4.69, 9.17) is 51.1 Å². The summed E-state index contributed by atoms with van der Waals surface area (Å²) in [5.74, 6) is -0.117. The molecule has 0 bridgehead atoms. The van der Waals surface area contributed by atoms with E-state index in [1.165, 1.54) is 12.1 Å². The summed E-state index contributed by atoms with van der Waals surface area (Å²) in [5.41, 5.74) is 1.54. The summed E-state index contributed by atoms with van der Waals surface area (Å²) in [6, 6.07) is 14.3. The van der Waals surface area contributed by atoms with Gasteiger partial charge in [0.15, 0.2) is 10.9 Å². The van der Waals surface area contributed by atoms with Crippen molar-refractivity contribution < 1.29 is 14.5 Å². The number of thioether (sulfide) groups is 1. The van der Waals surface area contributed by atoms with Gasteiger partial charge in [-0.25, -0.2) is 4.99 Å². The molecule has 178 valence electrons. The number of rotatable bonds is 6. The van der Waals surface area contributed by atoms with Crippen molar-refractivity contribution in [3.63, 3.8) is 0 Å². The first-order valence-electron chi connectivity index (χ1n) is 9.80. The molecule has 3 aromatic rings. The highest BCUT2D eigenvalue weighted by Crippen LogP contribution is 2.38. The first kappa shape index (κ1) is 25.3. The number of amidine groups is 1. The minimum atomic E-state index is -0.483. The molecule has 35 heavy (non-hydrogen) atoms. The molecule has 0 atom stereocenters. The van der Waals surface area contributed by atoms with Gasteiger partial charge in [-0.15, -0.1) is 0 Å². The van der Waals surface area contributed by atoms with Crippen molar-refractivity contribution in [3.8, 4) is 5.75 Å². The number of benzene rings is 3. The Morgan fingerprint density at radius 1 is 1.03 bits per heavy atom. The van der Waals surface area contributed by atoms with Gasteiger partial charge in [0.1, 0.15) is 6.61 Å². The summed E-state index contributed by atoms with van der Waals surface area (Å²) in [7, 11) is 0. The van der Waals surface area contributed by atoms with Gasteiger partial charge < -0.3 is 10.1 Å². The zero-order valence-electron chi connectivity index (χ0n) is 17.4. The van der Waals surface area contributed by atoms with Gasteiger partial charge in [-0.3, -0.25) is 14.9 Å². The Bertz CT molecular complexity index is 1390. The van der Waals surface area contributed by atoms with Crippen LogP contribution in [0.15, 0.2) is 64.5 Å². The van der Waals surface area contributed by atoms with E-state index >= 15 is 0 Å². The molecule has 0 aliphatic carbocycles. The summed E-state index contributed by atoms with van der Waals surface area (Å²) in [6.07, 6.45) is 1.62. The van der Waals surface area contributed by atoms with Gasteiger partial charge in [0.05, 0.1) is 35.6 Å². The van der Waals surface area contributed by atoms with E-state index in [0.29, 0.717) is 31.9 Å². The molecule has 1 aliphatic rings. The second kappa shape index (κ2) is 10.9. The summed E-state index contributed by atoms with van der Waals surface area (Å²) < 4.78 is 5.70. The third-order valence-electron chi connectivity index (χ3n) is 4.63. The Kier molecular flexibility index (Phi) is 7.88. The molecule has 3 aromatic carbocycles. The lowest BCUT2D eigenvalue weighted by atomic mass is 10.2. The lowest BCUT2D eigenvalue weighted by Gasteiger charge is -2.11. The van der Waals surface area contributed by atoms with E-state index < -0.39 is 4.92 Å². The molecule has 1 amide bonds. The van der Waals surface area contributed by atoms with Crippen LogP contribution < -0.4 is 10.1 Å². The second-order valence-corrected chi connectivity index (χ2v) is 9.71. The molecule has 1 heterocycles. The highest BCUT2D eigenvalue weighted by atomic mass is 35.5. The SMILES string of the molecule is O=C1NC(=Nc2cccc(Cl)c2Cl)S/C1=C/c1cc(Cl)c(OCc2cccc([N+](=O)[O-])c2)c(Cl)c1. The summed E-state index contributed by atoms with van der Waals surface area (Å²) in [5, 5.41) is 15.1. The van der Waals surface area contributed by atoms with Crippen LogP contribution in [0.25, 0.3) is 6.08 Å². The summed E-state index contributed by atoms with van der Waals surface area (Å²) in [4.78, 5) is 27.6. The van der Waals surface area contributed by atoms with Crippen LogP contribution in [0.3, 0.4) is 0 Å². The molecule has 0 radical (unpaired) electrons. The van der Waals surface area contributed by atoms with Crippen LogP contribution in [0.2, 0.25) is 20.1 Å². The molecule has 0 aromatic heterocycles. The van der Waals surface area contributed by atoms with Crippen molar-refractivity contribution in [1.29, 1.82) is 0 Å². The van der Waals surface area contributed by atoms with E-state index in [9.17, 15) is 14.9 Å². The highest BCUT2D eigenvalue weighted by molar-refractivity contribution is 8.18. The van der Waals surface area contributed by atoms with Crippen molar-refractivity contribution in [2.24, 2.45) is 4.99 Å². The maximum atomic E-state index is 12.4. The van der Waals surface area contributed by atoms with Crippen LogP contribution in [0, 0.1) is 10.1 Å². The molecule has 7 nitrogen and oxygen atoms in total. The quantitative estimate of drug-likeness (QED) is 0.187. The second-order valence-electron chi connectivity index (χ2n) is 7.08. The van der Waals surface area contributed by atoms with Crippen LogP contribution in [0.5, 0.6) is 5.75 Å². The van der Waals surface area contributed by atoms with Crippen molar-refractivity contribution in [2.45, 2.75) is 6.61 Å². The first-order chi connectivity index (χ1) is 16.7. The topological polar surface area (TPSA) is 93.8 Å². The Labute approximate surface area is 223 Å². The van der Waals surface area contributed by atoms with Gasteiger partial charge in [0, 0.05) is 12.1 Å². The van der Waals surface area contributed by atoms with Crippen LogP contribution in [0.1, 0.15) is 11.1 Å². The minimum absolute atomic E-state index is 0.0334. The number of nitro benzene ring substituents is 1. The normalized spacial score (nSPS) is 15.5. The monoisotopic (exact) mass is 567 g/mol. The van der Waals surface area contributed by atoms with Crippen molar-refractivity contribution >= 4 is 86.7 Å². The maximum Gasteiger partial charge on any atom is 0.269 e. The van der Waals surface area contributed by atoms with E-state index in [1.807, 2.05) is 0 Å². The van der Waals surface area contributed by atoms with Gasteiger partial charge >= 0.3 is 0 Å². The summed E-state index contributed by atoms with van der Waals surface area (Å²) >= 11 is 26.0. The molecule has 1 fully saturated rings. The Hall–Kier alpha value is -2.75. The summed E-state index contributed by atoms with van der Waals surface area (Å²) in [6.45, 7) is 0.0334. The minimum Gasteiger partial charge on any atom is -0.486 e. The Morgan fingerprint density at radius 2 is 1.74 bits per heavy atom. The zero-order valence-corrected chi connectivity index (χ0v) is 21.3. The lowest BCUT2D eigenvalue weighted by molar-refractivity contribution is -0.384. The third kappa shape index (κ3) is 6.09. The van der Waals surface area contributed by atoms with Crippen LogP contribution in [0.4, 0.5) is 11.4 Å². The molecule has 1 N–H and O–H groups in total. The average molecular weight is 569 g/mol. The Morgan fingerprint density at radius 3 is 2.46 bits per heavy atom. The Balaban J connectivity index is 1.51. The average Bonchev–Trinajstić information content (AvgIpc) is 3.15. The molecule has 4 rings (SSSR count). The van der Waals surface area contributed by atoms with Gasteiger partial charge in [-0.1, -0.05) is 64.6 Å². The number of amides is 1. The standard InChI is InChI=1S/C23H13Cl4N3O4S/c24-15-5-2-6-18(20(15)27)28-23-29-22(31)19(35-23)10-13-8-16(25)21(17(26)9-13)34-11-12-3-1-4-14(7-12)30(32)33/h1-10H,11H2,(H,28,29,31)/b19-10+. The van der Waals surface area contributed by atoms with Crippen LogP contribution in [-0.4, -0.2) is 16.0 Å². The number of halogens is 4. The molecular formula is C23H13Cl4N3O4S. The molecule has 12 heteroatoms. The fourth-order valence-electron chi connectivity index (χ4n) is 3.04. The number of non-ortho nitro benzene ring substituents is 1. The van der Waals surface area contributed by atoms with Gasteiger partial charge in [0.2, 0.25) is 0 Å². The van der Waals surface area contributed by atoms with E-state index in [2.05, 4.69) is 10.3 Å². The van der Waals surface area contributed by atoms with Crippen molar-refractivity contribution in [1.82, 2.24) is 5.32 Å². The smallest absolute Gasteiger partial charge is 0.269 e. The largest absolute Gasteiger partial charge is 0.486 e. The molecule has 1 saturated heterocycles. The third-order valence-corrected chi connectivity index (χ3v) is 6.91. The van der Waals surface area contributed by atoms with E-state index in [0.717, 1.165) is 11.8 Å². The molecule has 0 unspecified atom stereocenters. The van der Waals surface area contributed by atoms with E-state index in [-0.39, 0.29) is 39.0 Å². The number of ether oxygens (including phenoxy) is 1. The van der Waals surface area contributed by atoms with Gasteiger partial charge in [-0.05, 0) is 53.2 Å². The van der Waals surface area contributed by atoms with Crippen molar-refractivity contribution in [3.05, 3.63) is 101 Å². The maximum absolute atomic E-state index is 12.4.